The Labute approximate surface area is 198 Å². The van der Waals surface area contributed by atoms with Crippen molar-refractivity contribution in [2.45, 2.75) is 64.1 Å². The zero-order valence-electron chi connectivity index (χ0n) is 17.5. The zero-order chi connectivity index (χ0) is 22.4. The van der Waals surface area contributed by atoms with E-state index in [4.69, 9.17) is 34.8 Å². The van der Waals surface area contributed by atoms with Gasteiger partial charge < -0.3 is 10.2 Å². The average Bonchev–Trinajstić information content (AvgIpc) is 3.24. The van der Waals surface area contributed by atoms with Crippen LogP contribution in [-0.4, -0.2) is 28.8 Å². The molecule has 0 spiro atoms. The number of nitrogens with one attached hydrogen (secondary N) is 1. The lowest BCUT2D eigenvalue weighted by Gasteiger charge is -2.32. The average molecular weight is 482 g/mol. The third-order valence-corrected chi connectivity index (χ3v) is 6.71. The molecule has 0 saturated heterocycles. The molecule has 0 unspecified atom stereocenters. The van der Waals surface area contributed by atoms with Crippen LogP contribution in [0.15, 0.2) is 42.5 Å². The lowest BCUT2D eigenvalue weighted by molar-refractivity contribution is -0.141. The Morgan fingerprint density at radius 2 is 1.65 bits per heavy atom. The van der Waals surface area contributed by atoms with Gasteiger partial charge in [-0.05, 0) is 49.1 Å². The second-order valence-corrected chi connectivity index (χ2v) is 9.19. The van der Waals surface area contributed by atoms with Gasteiger partial charge in [0.2, 0.25) is 11.8 Å². The second-order valence-electron chi connectivity index (χ2n) is 7.94. The highest BCUT2D eigenvalue weighted by molar-refractivity contribution is 6.36. The SMILES string of the molecule is CC[C@@H](C(=O)NC1CCCC1)N(Cc1c(Cl)cccc1Cl)C(=O)Cc1ccc(Cl)cc1. The molecule has 31 heavy (non-hydrogen) atoms. The monoisotopic (exact) mass is 480 g/mol. The molecule has 1 saturated carbocycles. The van der Waals surface area contributed by atoms with Gasteiger partial charge in [-0.25, -0.2) is 0 Å². The molecule has 0 radical (unpaired) electrons. The maximum atomic E-state index is 13.4. The molecule has 0 heterocycles. The number of carbonyl (C=O) groups excluding carboxylic acids is 2. The molecule has 1 aliphatic carbocycles. The van der Waals surface area contributed by atoms with Gasteiger partial charge in [-0.2, -0.15) is 0 Å². The molecule has 166 valence electrons. The number of amides is 2. The lowest BCUT2D eigenvalue weighted by atomic mass is 10.1. The van der Waals surface area contributed by atoms with E-state index in [0.717, 1.165) is 31.2 Å². The van der Waals surface area contributed by atoms with Crippen molar-refractivity contribution in [2.75, 3.05) is 0 Å². The Morgan fingerprint density at radius 1 is 1.03 bits per heavy atom. The fourth-order valence-corrected chi connectivity index (χ4v) is 4.66. The van der Waals surface area contributed by atoms with Crippen LogP contribution in [0.25, 0.3) is 0 Å². The maximum absolute atomic E-state index is 13.4. The molecule has 7 heteroatoms. The molecule has 3 rings (SSSR count). The number of nitrogens with zero attached hydrogens (tertiary/aromatic N) is 1. The van der Waals surface area contributed by atoms with Crippen molar-refractivity contribution in [2.24, 2.45) is 0 Å². The second kappa shape index (κ2) is 11.2. The van der Waals surface area contributed by atoms with Crippen molar-refractivity contribution >= 4 is 46.6 Å². The Bertz CT molecular complexity index is 891. The van der Waals surface area contributed by atoms with Crippen molar-refractivity contribution in [3.05, 3.63) is 68.7 Å². The van der Waals surface area contributed by atoms with Crippen LogP contribution >= 0.6 is 34.8 Å². The molecule has 0 aliphatic heterocycles. The van der Waals surface area contributed by atoms with Gasteiger partial charge in [0.05, 0.1) is 6.42 Å². The minimum absolute atomic E-state index is 0.123. The van der Waals surface area contributed by atoms with Gasteiger partial charge in [0.25, 0.3) is 0 Å². The summed E-state index contributed by atoms with van der Waals surface area (Å²) in [5.74, 6) is -0.284. The lowest BCUT2D eigenvalue weighted by Crippen LogP contribution is -2.51. The van der Waals surface area contributed by atoms with Crippen molar-refractivity contribution in [3.63, 3.8) is 0 Å². The van der Waals surface area contributed by atoms with Gasteiger partial charge in [0, 0.05) is 33.2 Å². The Balaban J connectivity index is 1.86. The van der Waals surface area contributed by atoms with Crippen molar-refractivity contribution in [1.29, 1.82) is 0 Å². The summed E-state index contributed by atoms with van der Waals surface area (Å²) in [5.41, 5.74) is 1.47. The topological polar surface area (TPSA) is 49.4 Å². The summed E-state index contributed by atoms with van der Waals surface area (Å²) in [5, 5.41) is 4.69. The largest absolute Gasteiger partial charge is 0.352 e. The number of benzene rings is 2. The summed E-state index contributed by atoms with van der Waals surface area (Å²) >= 11 is 18.7. The Hall–Kier alpha value is -1.75. The van der Waals surface area contributed by atoms with Crippen LogP contribution in [0.1, 0.15) is 50.2 Å². The van der Waals surface area contributed by atoms with E-state index in [1.54, 1.807) is 35.2 Å². The van der Waals surface area contributed by atoms with E-state index in [-0.39, 0.29) is 30.8 Å². The van der Waals surface area contributed by atoms with Gasteiger partial charge in [0.15, 0.2) is 0 Å². The molecule has 1 atom stereocenters. The van der Waals surface area contributed by atoms with Gasteiger partial charge in [-0.1, -0.05) is 72.8 Å². The summed E-state index contributed by atoms with van der Waals surface area (Å²) in [4.78, 5) is 28.1. The van der Waals surface area contributed by atoms with Crippen LogP contribution in [-0.2, 0) is 22.6 Å². The molecule has 1 aliphatic rings. The van der Waals surface area contributed by atoms with Crippen LogP contribution in [0.4, 0.5) is 0 Å². The molecular formula is C24H27Cl3N2O2. The van der Waals surface area contributed by atoms with E-state index < -0.39 is 6.04 Å². The molecule has 2 amide bonds. The standard InChI is InChI=1S/C24H27Cl3N2O2/c1-2-22(24(31)28-18-6-3-4-7-18)29(15-19-20(26)8-5-9-21(19)27)23(30)14-16-10-12-17(25)13-11-16/h5,8-13,18,22H,2-4,6-7,14-15H2,1H3,(H,28,31)/t22-/m0/s1. The smallest absolute Gasteiger partial charge is 0.243 e. The van der Waals surface area contributed by atoms with E-state index in [0.29, 0.717) is 27.1 Å². The third-order valence-electron chi connectivity index (χ3n) is 5.75. The highest BCUT2D eigenvalue weighted by Crippen LogP contribution is 2.28. The van der Waals surface area contributed by atoms with Crippen LogP contribution in [0.5, 0.6) is 0 Å². The van der Waals surface area contributed by atoms with E-state index in [1.807, 2.05) is 19.1 Å². The maximum Gasteiger partial charge on any atom is 0.243 e. The number of hydrogen-bond donors (Lipinski definition) is 1. The highest BCUT2D eigenvalue weighted by Gasteiger charge is 2.31. The summed E-state index contributed by atoms with van der Waals surface area (Å²) in [6, 6.07) is 12.0. The molecule has 0 bridgehead atoms. The van der Waals surface area contributed by atoms with Crippen molar-refractivity contribution in [1.82, 2.24) is 10.2 Å². The zero-order valence-corrected chi connectivity index (χ0v) is 19.8. The summed E-state index contributed by atoms with van der Waals surface area (Å²) < 4.78 is 0. The first kappa shape index (κ1) is 23.9. The minimum Gasteiger partial charge on any atom is -0.352 e. The molecule has 1 fully saturated rings. The van der Waals surface area contributed by atoms with Gasteiger partial charge in [0.1, 0.15) is 6.04 Å². The molecule has 2 aromatic rings. The predicted molar refractivity (Wildman–Crippen MR) is 127 cm³/mol. The van der Waals surface area contributed by atoms with Crippen LogP contribution in [0.3, 0.4) is 0 Å². The van der Waals surface area contributed by atoms with E-state index in [1.165, 1.54) is 0 Å². The minimum atomic E-state index is -0.604. The third kappa shape index (κ3) is 6.38. The van der Waals surface area contributed by atoms with E-state index >= 15 is 0 Å². The van der Waals surface area contributed by atoms with E-state index in [2.05, 4.69) is 5.32 Å². The fourth-order valence-electron chi connectivity index (χ4n) is 4.02. The van der Waals surface area contributed by atoms with Crippen LogP contribution in [0.2, 0.25) is 15.1 Å². The molecule has 0 aromatic heterocycles. The highest BCUT2D eigenvalue weighted by atomic mass is 35.5. The number of hydrogen-bond acceptors (Lipinski definition) is 2. The number of carbonyl (C=O) groups is 2. The summed E-state index contributed by atoms with van der Waals surface area (Å²) in [7, 11) is 0. The van der Waals surface area contributed by atoms with Crippen LogP contribution < -0.4 is 5.32 Å². The van der Waals surface area contributed by atoms with Gasteiger partial charge >= 0.3 is 0 Å². The molecular weight excluding hydrogens is 455 g/mol. The van der Waals surface area contributed by atoms with Gasteiger partial charge in [-0.15, -0.1) is 0 Å². The number of halogens is 3. The predicted octanol–water partition coefficient (Wildman–Crippen LogP) is 6.06. The normalized spacial score (nSPS) is 15.0. The van der Waals surface area contributed by atoms with Crippen molar-refractivity contribution < 1.29 is 9.59 Å². The van der Waals surface area contributed by atoms with E-state index in [9.17, 15) is 9.59 Å². The van der Waals surface area contributed by atoms with Crippen molar-refractivity contribution in [3.8, 4) is 0 Å². The first-order valence-electron chi connectivity index (χ1n) is 10.7. The first-order chi connectivity index (χ1) is 14.9. The summed E-state index contributed by atoms with van der Waals surface area (Å²) in [6.07, 6.45) is 4.86. The van der Waals surface area contributed by atoms with Gasteiger partial charge in [-0.3, -0.25) is 9.59 Å². The molecule has 1 N–H and O–H groups in total. The number of rotatable bonds is 8. The first-order valence-corrected chi connectivity index (χ1v) is 11.8. The molecule has 2 aromatic carbocycles. The Kier molecular flexibility index (Phi) is 8.65. The quantitative estimate of drug-likeness (QED) is 0.498. The fraction of sp³-hybridized carbons (Fsp3) is 0.417. The Morgan fingerprint density at radius 3 is 2.23 bits per heavy atom. The summed E-state index contributed by atoms with van der Waals surface area (Å²) in [6.45, 7) is 2.08. The van der Waals surface area contributed by atoms with Crippen LogP contribution in [0, 0.1) is 0 Å². The molecule has 4 nitrogen and oxygen atoms in total.